The predicted octanol–water partition coefficient (Wildman–Crippen LogP) is 4.08. The number of benzene rings is 1. The molecule has 2 rings (SSSR count). The van der Waals surface area contributed by atoms with Gasteiger partial charge in [-0.1, -0.05) is 27.5 Å². The summed E-state index contributed by atoms with van der Waals surface area (Å²) >= 11 is 9.23. The van der Waals surface area contributed by atoms with E-state index in [1.807, 2.05) is 12.1 Å². The quantitative estimate of drug-likeness (QED) is 0.623. The molecule has 4 nitrogen and oxygen atoms in total. The Hall–Kier alpha value is -1.59. The highest BCUT2D eigenvalue weighted by Crippen LogP contribution is 2.24. The number of hydrogen-bond donors (Lipinski definition) is 0. The van der Waals surface area contributed by atoms with E-state index in [1.165, 1.54) is 13.2 Å². The molecule has 0 aliphatic rings. The van der Waals surface area contributed by atoms with Gasteiger partial charge in [-0.05, 0) is 30.3 Å². The van der Waals surface area contributed by atoms with Crippen molar-refractivity contribution >= 4 is 33.5 Å². The monoisotopic (exact) mass is 341 g/mol. The molecule has 0 aliphatic heterocycles. The third-order valence-electron chi connectivity index (χ3n) is 2.26. The molecule has 6 heteroatoms. The van der Waals surface area contributed by atoms with Gasteiger partial charge in [0.05, 0.1) is 12.7 Å². The van der Waals surface area contributed by atoms with E-state index in [4.69, 9.17) is 16.3 Å². The van der Waals surface area contributed by atoms with E-state index in [9.17, 15) is 4.79 Å². The molecule has 1 aromatic heterocycles. The Morgan fingerprint density at radius 1 is 1.21 bits per heavy atom. The number of rotatable bonds is 3. The second-order valence-electron chi connectivity index (χ2n) is 3.54. The fraction of sp³-hybridized carbons (Fsp3) is 0.0769. The first-order valence-electron chi connectivity index (χ1n) is 5.28. The van der Waals surface area contributed by atoms with Crippen molar-refractivity contribution in [3.05, 3.63) is 51.6 Å². The Labute approximate surface area is 123 Å². The Morgan fingerprint density at radius 2 is 1.89 bits per heavy atom. The number of hydrogen-bond acceptors (Lipinski definition) is 4. The summed E-state index contributed by atoms with van der Waals surface area (Å²) in [6, 6.07) is 10.3. The zero-order valence-corrected chi connectivity index (χ0v) is 12.2. The van der Waals surface area contributed by atoms with E-state index in [0.29, 0.717) is 11.6 Å². The van der Waals surface area contributed by atoms with E-state index < -0.39 is 5.97 Å². The number of pyridine rings is 1. The minimum atomic E-state index is -0.535. The molecule has 0 fully saturated rings. The number of carbonyl (C=O) groups is 1. The van der Waals surface area contributed by atoms with Gasteiger partial charge in [0.15, 0.2) is 0 Å². The number of esters is 1. The van der Waals surface area contributed by atoms with E-state index in [0.717, 1.165) is 4.47 Å². The highest BCUT2D eigenvalue weighted by molar-refractivity contribution is 9.10. The van der Waals surface area contributed by atoms with Gasteiger partial charge in [-0.25, -0.2) is 9.78 Å². The number of halogens is 2. The largest absolute Gasteiger partial charge is 0.465 e. The summed E-state index contributed by atoms with van der Waals surface area (Å²) in [6.45, 7) is 0. The molecule has 0 N–H and O–H groups in total. The maximum Gasteiger partial charge on any atom is 0.341 e. The zero-order valence-electron chi connectivity index (χ0n) is 9.89. The topological polar surface area (TPSA) is 48.4 Å². The molecule has 98 valence electrons. The Bertz CT molecular complexity index is 601. The van der Waals surface area contributed by atoms with Crippen molar-refractivity contribution in [3.63, 3.8) is 0 Å². The highest BCUT2D eigenvalue weighted by Gasteiger charge is 2.13. The lowest BCUT2D eigenvalue weighted by Crippen LogP contribution is -2.03. The van der Waals surface area contributed by atoms with Gasteiger partial charge >= 0.3 is 5.97 Å². The average molecular weight is 343 g/mol. The smallest absolute Gasteiger partial charge is 0.341 e. The van der Waals surface area contributed by atoms with E-state index >= 15 is 0 Å². The van der Waals surface area contributed by atoms with Crippen molar-refractivity contribution in [2.24, 2.45) is 0 Å². The average Bonchev–Trinajstić information content (AvgIpc) is 2.41. The van der Waals surface area contributed by atoms with Crippen molar-refractivity contribution in [2.75, 3.05) is 7.11 Å². The van der Waals surface area contributed by atoms with Crippen molar-refractivity contribution in [3.8, 4) is 11.6 Å². The molecule has 0 aliphatic carbocycles. The van der Waals surface area contributed by atoms with Crippen molar-refractivity contribution in [1.29, 1.82) is 0 Å². The Morgan fingerprint density at radius 3 is 2.47 bits per heavy atom. The van der Waals surface area contributed by atoms with Crippen LogP contribution in [-0.4, -0.2) is 18.1 Å². The van der Waals surface area contributed by atoms with Gasteiger partial charge in [0.2, 0.25) is 5.88 Å². The van der Waals surface area contributed by atoms with Gasteiger partial charge in [-0.15, -0.1) is 0 Å². The van der Waals surface area contributed by atoms with Crippen LogP contribution in [0.5, 0.6) is 11.6 Å². The van der Waals surface area contributed by atoms with Crippen LogP contribution < -0.4 is 4.74 Å². The Kier molecular flexibility index (Phi) is 4.39. The van der Waals surface area contributed by atoms with Crippen LogP contribution in [-0.2, 0) is 4.74 Å². The molecule has 0 bridgehead atoms. The number of nitrogens with zero attached hydrogens (tertiary/aromatic N) is 1. The zero-order chi connectivity index (χ0) is 13.8. The van der Waals surface area contributed by atoms with Gasteiger partial charge in [0, 0.05) is 10.5 Å². The second kappa shape index (κ2) is 6.04. The van der Waals surface area contributed by atoms with Crippen molar-refractivity contribution < 1.29 is 14.3 Å². The number of carbonyl (C=O) groups excluding carboxylic acids is 1. The van der Waals surface area contributed by atoms with Crippen LogP contribution in [0.15, 0.2) is 40.9 Å². The van der Waals surface area contributed by atoms with Gasteiger partial charge in [0.1, 0.15) is 10.9 Å². The summed E-state index contributed by atoms with van der Waals surface area (Å²) < 4.78 is 11.0. The van der Waals surface area contributed by atoms with Crippen LogP contribution >= 0.6 is 27.5 Å². The van der Waals surface area contributed by atoms with Crippen molar-refractivity contribution in [2.45, 2.75) is 0 Å². The van der Waals surface area contributed by atoms with E-state index in [2.05, 4.69) is 25.7 Å². The first-order chi connectivity index (χ1) is 9.10. The minimum absolute atomic E-state index is 0.0430. The van der Waals surface area contributed by atoms with Gasteiger partial charge in [0.25, 0.3) is 0 Å². The molecule has 2 aromatic rings. The minimum Gasteiger partial charge on any atom is -0.465 e. The molecule has 0 radical (unpaired) electrons. The fourth-order valence-electron chi connectivity index (χ4n) is 1.36. The molecule has 1 heterocycles. The lowest BCUT2D eigenvalue weighted by Gasteiger charge is -2.06. The molecule has 0 atom stereocenters. The number of methoxy groups -OCH3 is 1. The first-order valence-corrected chi connectivity index (χ1v) is 6.45. The van der Waals surface area contributed by atoms with Gasteiger partial charge in [-0.2, -0.15) is 0 Å². The number of ether oxygens (including phenoxy) is 2. The highest BCUT2D eigenvalue weighted by atomic mass is 79.9. The van der Waals surface area contributed by atoms with Crippen LogP contribution in [0.3, 0.4) is 0 Å². The Balaban J connectivity index is 2.20. The van der Waals surface area contributed by atoms with Crippen LogP contribution in [0.2, 0.25) is 5.15 Å². The van der Waals surface area contributed by atoms with Gasteiger partial charge < -0.3 is 9.47 Å². The summed E-state index contributed by atoms with van der Waals surface area (Å²) in [7, 11) is 1.28. The maximum atomic E-state index is 11.3. The normalized spacial score (nSPS) is 10.1. The second-order valence-corrected chi connectivity index (χ2v) is 4.81. The van der Waals surface area contributed by atoms with Crippen LogP contribution in [0.4, 0.5) is 0 Å². The molecule has 0 unspecified atom stereocenters. The van der Waals surface area contributed by atoms with Crippen LogP contribution in [0, 0.1) is 0 Å². The van der Waals surface area contributed by atoms with Crippen molar-refractivity contribution in [1.82, 2.24) is 4.98 Å². The fourth-order valence-corrected chi connectivity index (χ4v) is 1.85. The number of aromatic nitrogens is 1. The molecule has 0 saturated carbocycles. The summed E-state index contributed by atoms with van der Waals surface area (Å²) in [5.74, 6) is 0.394. The van der Waals surface area contributed by atoms with E-state index in [-0.39, 0.29) is 10.7 Å². The third-order valence-corrected chi connectivity index (χ3v) is 3.08. The third kappa shape index (κ3) is 3.45. The summed E-state index contributed by atoms with van der Waals surface area (Å²) in [5.41, 5.74) is 0.201. The summed E-state index contributed by atoms with van der Waals surface area (Å²) in [5, 5.41) is 0.0430. The molecule has 0 saturated heterocycles. The van der Waals surface area contributed by atoms with Crippen LogP contribution in [0.25, 0.3) is 0 Å². The molecule has 1 aromatic carbocycles. The molecule has 19 heavy (non-hydrogen) atoms. The predicted molar refractivity (Wildman–Crippen MR) is 74.8 cm³/mol. The SMILES string of the molecule is COC(=O)c1ccc(Oc2ccc(Br)cc2)nc1Cl. The molecular formula is C13H9BrClNO3. The first kappa shape index (κ1) is 13.8. The van der Waals surface area contributed by atoms with Gasteiger partial charge in [-0.3, -0.25) is 0 Å². The summed E-state index contributed by atoms with van der Waals surface area (Å²) in [6.07, 6.45) is 0. The molecule has 0 spiro atoms. The molecule has 0 amide bonds. The molecular weight excluding hydrogens is 334 g/mol. The lowest BCUT2D eigenvalue weighted by atomic mass is 10.3. The summed E-state index contributed by atoms with van der Waals surface area (Å²) in [4.78, 5) is 15.3. The maximum absolute atomic E-state index is 11.3. The standard InChI is InChI=1S/C13H9BrClNO3/c1-18-13(17)10-6-7-11(16-12(10)15)19-9-4-2-8(14)3-5-9/h2-7H,1H3. The van der Waals surface area contributed by atoms with E-state index in [1.54, 1.807) is 18.2 Å². The lowest BCUT2D eigenvalue weighted by molar-refractivity contribution is 0.0600. The van der Waals surface area contributed by atoms with Crippen LogP contribution in [0.1, 0.15) is 10.4 Å².